The third-order valence-electron chi connectivity index (χ3n) is 7.42. The number of aromatic amines is 1. The van der Waals surface area contributed by atoms with Gasteiger partial charge in [0.1, 0.15) is 5.54 Å². The molecule has 28 heavy (non-hydrogen) atoms. The molecule has 2 amide bonds. The highest BCUT2D eigenvalue weighted by molar-refractivity contribution is 5.95. The number of hydrogen-bond acceptors (Lipinski definition) is 3. The Kier molecular flexibility index (Phi) is 3.61. The van der Waals surface area contributed by atoms with Gasteiger partial charge >= 0.3 is 6.09 Å². The monoisotopic (exact) mass is 381 g/mol. The van der Waals surface area contributed by atoms with Crippen molar-refractivity contribution in [1.82, 2.24) is 15.2 Å². The summed E-state index contributed by atoms with van der Waals surface area (Å²) in [6, 6.07) is 8.49. The quantitative estimate of drug-likeness (QED) is 0.797. The molecule has 2 aromatic rings. The van der Waals surface area contributed by atoms with E-state index in [1.165, 1.54) is 12.8 Å². The van der Waals surface area contributed by atoms with Crippen molar-refractivity contribution in [2.75, 3.05) is 13.7 Å². The zero-order valence-electron chi connectivity index (χ0n) is 16.7. The SMILES string of the molecule is COC(=O)N[C@]12Cc3c([nH]c4ccccc34)C(C)(C)[C@@H]1C[C@@H]1CCCN1C2=O. The molecule has 3 atom stereocenters. The predicted molar refractivity (Wildman–Crippen MR) is 106 cm³/mol. The summed E-state index contributed by atoms with van der Waals surface area (Å²) >= 11 is 0. The smallest absolute Gasteiger partial charge is 0.407 e. The van der Waals surface area contributed by atoms with Crippen molar-refractivity contribution in [3.05, 3.63) is 35.5 Å². The van der Waals surface area contributed by atoms with E-state index in [4.69, 9.17) is 4.74 Å². The van der Waals surface area contributed by atoms with E-state index in [0.717, 1.165) is 42.3 Å². The summed E-state index contributed by atoms with van der Waals surface area (Å²) in [5.41, 5.74) is 2.17. The molecule has 5 rings (SSSR count). The van der Waals surface area contributed by atoms with Gasteiger partial charge in [-0.15, -0.1) is 0 Å². The number of piperidine rings is 1. The molecule has 0 saturated carbocycles. The first-order valence-corrected chi connectivity index (χ1v) is 10.2. The molecular formula is C22H27N3O3. The van der Waals surface area contributed by atoms with Crippen molar-refractivity contribution in [3.8, 4) is 0 Å². The van der Waals surface area contributed by atoms with Crippen LogP contribution in [0.1, 0.15) is 44.4 Å². The fraction of sp³-hybridized carbons (Fsp3) is 0.545. The lowest BCUT2D eigenvalue weighted by atomic mass is 9.55. The molecule has 1 aromatic carbocycles. The number of para-hydroxylation sites is 1. The van der Waals surface area contributed by atoms with Gasteiger partial charge in [0.25, 0.3) is 0 Å². The van der Waals surface area contributed by atoms with Gasteiger partial charge in [0.15, 0.2) is 0 Å². The maximum Gasteiger partial charge on any atom is 0.407 e. The van der Waals surface area contributed by atoms with Gasteiger partial charge in [0.2, 0.25) is 5.91 Å². The van der Waals surface area contributed by atoms with Crippen LogP contribution < -0.4 is 5.32 Å². The van der Waals surface area contributed by atoms with Crippen LogP contribution in [0, 0.1) is 5.92 Å². The van der Waals surface area contributed by atoms with Crippen molar-refractivity contribution in [1.29, 1.82) is 0 Å². The number of nitrogens with one attached hydrogen (secondary N) is 2. The second kappa shape index (κ2) is 5.75. The number of methoxy groups -OCH3 is 1. The summed E-state index contributed by atoms with van der Waals surface area (Å²) < 4.78 is 4.95. The van der Waals surface area contributed by atoms with Gasteiger partial charge in [0.05, 0.1) is 7.11 Å². The number of amides is 2. The highest BCUT2D eigenvalue weighted by Crippen LogP contribution is 2.53. The third-order valence-corrected chi connectivity index (χ3v) is 7.42. The summed E-state index contributed by atoms with van der Waals surface area (Å²) in [6.07, 6.45) is 2.95. The Labute approximate surface area is 164 Å². The Morgan fingerprint density at radius 1 is 1.32 bits per heavy atom. The van der Waals surface area contributed by atoms with Crippen LogP contribution in [0.5, 0.6) is 0 Å². The zero-order valence-corrected chi connectivity index (χ0v) is 16.7. The normalized spacial score (nSPS) is 30.5. The third kappa shape index (κ3) is 2.14. The van der Waals surface area contributed by atoms with Crippen molar-refractivity contribution < 1.29 is 14.3 Å². The van der Waals surface area contributed by atoms with Gasteiger partial charge in [-0.25, -0.2) is 4.79 Å². The average Bonchev–Trinajstić information content (AvgIpc) is 3.29. The summed E-state index contributed by atoms with van der Waals surface area (Å²) in [4.78, 5) is 31.8. The highest BCUT2D eigenvalue weighted by Gasteiger charge is 2.63. The number of alkyl carbamates (subject to hydrolysis) is 1. The Bertz CT molecular complexity index is 979. The van der Waals surface area contributed by atoms with Crippen LogP contribution in [-0.4, -0.2) is 47.1 Å². The summed E-state index contributed by atoms with van der Waals surface area (Å²) in [6.45, 7) is 5.19. The largest absolute Gasteiger partial charge is 0.453 e. The van der Waals surface area contributed by atoms with Crippen LogP contribution in [0.15, 0.2) is 24.3 Å². The summed E-state index contributed by atoms with van der Waals surface area (Å²) in [5, 5.41) is 4.16. The van der Waals surface area contributed by atoms with Crippen LogP contribution in [0.2, 0.25) is 0 Å². The molecule has 3 heterocycles. The lowest BCUT2D eigenvalue weighted by molar-refractivity contribution is -0.150. The Hall–Kier alpha value is -2.50. The first-order chi connectivity index (χ1) is 13.4. The fourth-order valence-corrected chi connectivity index (χ4v) is 6.14. The summed E-state index contributed by atoms with van der Waals surface area (Å²) in [5.74, 6) is 0.0622. The van der Waals surface area contributed by atoms with E-state index < -0.39 is 11.6 Å². The number of ether oxygens (including phenoxy) is 1. The molecule has 2 saturated heterocycles. The van der Waals surface area contributed by atoms with Gasteiger partial charge in [-0.3, -0.25) is 4.79 Å². The topological polar surface area (TPSA) is 74.4 Å². The molecular weight excluding hydrogens is 354 g/mol. The number of nitrogens with zero attached hydrogens (tertiary/aromatic N) is 1. The van der Waals surface area contributed by atoms with Crippen molar-refractivity contribution in [3.63, 3.8) is 0 Å². The number of carbonyl (C=O) groups excluding carboxylic acids is 2. The zero-order chi connectivity index (χ0) is 19.7. The molecule has 0 bridgehead atoms. The van der Waals surface area contributed by atoms with E-state index >= 15 is 0 Å². The van der Waals surface area contributed by atoms with Crippen molar-refractivity contribution in [2.24, 2.45) is 5.92 Å². The minimum absolute atomic E-state index is 0.00603. The number of fused-ring (bicyclic) bond motifs is 5. The van der Waals surface area contributed by atoms with Crippen LogP contribution in [-0.2, 0) is 21.4 Å². The Morgan fingerprint density at radius 3 is 2.89 bits per heavy atom. The number of hydrogen-bond donors (Lipinski definition) is 2. The highest BCUT2D eigenvalue weighted by atomic mass is 16.5. The van der Waals surface area contributed by atoms with Crippen LogP contribution in [0.4, 0.5) is 4.79 Å². The molecule has 6 heteroatoms. The van der Waals surface area contributed by atoms with Gasteiger partial charge in [-0.1, -0.05) is 32.0 Å². The fourth-order valence-electron chi connectivity index (χ4n) is 6.14. The molecule has 0 radical (unpaired) electrons. The van der Waals surface area contributed by atoms with Crippen LogP contribution in [0.25, 0.3) is 10.9 Å². The molecule has 2 N–H and O–H groups in total. The van der Waals surface area contributed by atoms with Crippen LogP contribution >= 0.6 is 0 Å². The molecule has 2 aliphatic heterocycles. The number of rotatable bonds is 1. The van der Waals surface area contributed by atoms with E-state index in [1.54, 1.807) is 0 Å². The maximum atomic E-state index is 13.8. The van der Waals surface area contributed by atoms with Crippen molar-refractivity contribution in [2.45, 2.75) is 56.5 Å². The lowest BCUT2D eigenvalue weighted by Crippen LogP contribution is -2.73. The van der Waals surface area contributed by atoms with Gasteiger partial charge in [0, 0.05) is 46.9 Å². The van der Waals surface area contributed by atoms with Gasteiger partial charge < -0.3 is 19.9 Å². The van der Waals surface area contributed by atoms with Crippen molar-refractivity contribution >= 4 is 22.9 Å². The molecule has 1 aromatic heterocycles. The number of H-pyrrole nitrogens is 1. The molecule has 6 nitrogen and oxygen atoms in total. The van der Waals surface area contributed by atoms with Gasteiger partial charge in [-0.05, 0) is 30.9 Å². The molecule has 2 fully saturated rings. The maximum absolute atomic E-state index is 13.8. The molecule has 0 unspecified atom stereocenters. The Morgan fingerprint density at radius 2 is 2.11 bits per heavy atom. The Balaban J connectivity index is 1.73. The minimum atomic E-state index is -0.963. The van der Waals surface area contributed by atoms with E-state index in [0.29, 0.717) is 6.42 Å². The number of carbonyl (C=O) groups is 2. The van der Waals surface area contributed by atoms with E-state index in [-0.39, 0.29) is 23.3 Å². The van der Waals surface area contributed by atoms with E-state index in [1.807, 2.05) is 17.0 Å². The minimum Gasteiger partial charge on any atom is -0.453 e. The molecule has 3 aliphatic rings. The number of benzene rings is 1. The molecule has 0 spiro atoms. The second-order valence-corrected chi connectivity index (χ2v) is 9.09. The first-order valence-electron chi connectivity index (χ1n) is 10.2. The second-order valence-electron chi connectivity index (χ2n) is 9.09. The average molecular weight is 381 g/mol. The van der Waals surface area contributed by atoms with Gasteiger partial charge in [-0.2, -0.15) is 0 Å². The molecule has 1 aliphatic carbocycles. The van der Waals surface area contributed by atoms with Crippen LogP contribution in [0.3, 0.4) is 0 Å². The lowest BCUT2D eigenvalue weighted by Gasteiger charge is -2.56. The summed E-state index contributed by atoms with van der Waals surface area (Å²) in [7, 11) is 1.36. The molecule has 148 valence electrons. The first kappa shape index (κ1) is 17.6. The standard InChI is InChI=1S/C22H27N3O3/c1-21(2)17-11-13-7-6-10-25(13)19(26)22(17,24-20(27)28-3)12-15-14-8-4-5-9-16(14)23-18(15)21/h4-5,8-9,13,17,23H,6-7,10-12H2,1-3H3,(H,24,27)/t13-,17-,22+/m0/s1. The predicted octanol–water partition coefficient (Wildman–Crippen LogP) is 3.11. The number of aromatic nitrogens is 1. The van der Waals surface area contributed by atoms with E-state index in [9.17, 15) is 9.59 Å². The van der Waals surface area contributed by atoms with E-state index in [2.05, 4.69) is 36.3 Å².